The van der Waals surface area contributed by atoms with Crippen LogP contribution in [0.1, 0.15) is 15.9 Å². The van der Waals surface area contributed by atoms with Gasteiger partial charge < -0.3 is 10.0 Å². The summed E-state index contributed by atoms with van der Waals surface area (Å²) in [4.78, 5) is 28.6. The maximum Gasteiger partial charge on any atom is 0.394 e. The van der Waals surface area contributed by atoms with Crippen LogP contribution >= 0.6 is 0 Å². The van der Waals surface area contributed by atoms with E-state index in [2.05, 4.69) is 10.1 Å². The van der Waals surface area contributed by atoms with Crippen LogP contribution in [-0.2, 0) is 4.79 Å². The second kappa shape index (κ2) is 6.43. The Morgan fingerprint density at radius 1 is 1.27 bits per heavy atom. The zero-order chi connectivity index (χ0) is 19.1. The molecule has 1 saturated heterocycles. The van der Waals surface area contributed by atoms with Crippen molar-refractivity contribution >= 4 is 11.9 Å². The number of carbonyl (C=O) groups excluding carboxylic acids is 1. The van der Waals surface area contributed by atoms with Gasteiger partial charge >= 0.3 is 12.1 Å². The Labute approximate surface area is 146 Å². The van der Waals surface area contributed by atoms with E-state index in [4.69, 9.17) is 5.11 Å². The van der Waals surface area contributed by atoms with Gasteiger partial charge in [0.15, 0.2) is 0 Å². The highest BCUT2D eigenvalue weighted by molar-refractivity contribution is 5.96. The molecule has 7 nitrogen and oxygen atoms in total. The predicted molar refractivity (Wildman–Crippen MR) is 82.7 cm³/mol. The van der Waals surface area contributed by atoms with Crippen LogP contribution < -0.4 is 0 Å². The Balaban J connectivity index is 1.84. The lowest BCUT2D eigenvalue weighted by Gasteiger charge is -2.19. The van der Waals surface area contributed by atoms with Crippen LogP contribution in [-0.4, -0.2) is 55.9 Å². The maximum absolute atomic E-state index is 13.1. The number of nitrogens with zero attached hydrogens (tertiary/aromatic N) is 4. The van der Waals surface area contributed by atoms with Gasteiger partial charge in [-0.1, -0.05) is 0 Å². The zero-order valence-corrected chi connectivity index (χ0v) is 13.6. The fourth-order valence-corrected chi connectivity index (χ4v) is 3.09. The summed E-state index contributed by atoms with van der Waals surface area (Å²) in [7, 11) is 0. The molecule has 1 aliphatic rings. The van der Waals surface area contributed by atoms with E-state index in [-0.39, 0.29) is 5.56 Å². The summed E-state index contributed by atoms with van der Waals surface area (Å²) in [5.74, 6) is -5.90. The third kappa shape index (κ3) is 3.26. The first-order valence-corrected chi connectivity index (χ1v) is 7.73. The third-order valence-electron chi connectivity index (χ3n) is 4.47. The molecule has 2 heterocycles. The van der Waals surface area contributed by atoms with Gasteiger partial charge in [0.25, 0.3) is 5.91 Å². The summed E-state index contributed by atoms with van der Waals surface area (Å²) in [5, 5.41) is 13.0. The molecule has 0 unspecified atom stereocenters. The summed E-state index contributed by atoms with van der Waals surface area (Å²) < 4.78 is 40.7. The number of likely N-dealkylation sites (tertiary alicyclic amines) is 1. The number of aromatic nitrogens is 3. The Bertz CT molecular complexity index is 836. The number of alkyl halides is 3. The van der Waals surface area contributed by atoms with Crippen molar-refractivity contribution in [2.24, 2.45) is 11.8 Å². The highest BCUT2D eigenvalue weighted by Crippen LogP contribution is 2.38. The number of rotatable bonds is 3. The summed E-state index contributed by atoms with van der Waals surface area (Å²) in [5.41, 5.74) is 1.42. The molecule has 1 aromatic heterocycles. The molecule has 1 amide bonds. The molecule has 0 saturated carbocycles. The normalized spacial score (nSPS) is 20.4. The smallest absolute Gasteiger partial charge is 0.394 e. The van der Waals surface area contributed by atoms with E-state index in [1.165, 1.54) is 23.4 Å². The summed E-state index contributed by atoms with van der Waals surface area (Å²) in [6.45, 7) is 0.520. The lowest BCUT2D eigenvalue weighted by Crippen LogP contribution is -2.34. The predicted octanol–water partition coefficient (Wildman–Crippen LogP) is 1.91. The van der Waals surface area contributed by atoms with Crippen molar-refractivity contribution in [1.82, 2.24) is 19.7 Å². The minimum Gasteiger partial charge on any atom is -0.481 e. The Hall–Kier alpha value is -2.91. The molecule has 0 aliphatic carbocycles. The largest absolute Gasteiger partial charge is 0.481 e. The molecule has 2 aromatic rings. The Morgan fingerprint density at radius 3 is 2.50 bits per heavy atom. The Kier molecular flexibility index (Phi) is 4.43. The molecular weight excluding hydrogens is 353 g/mol. The Morgan fingerprint density at radius 2 is 2.00 bits per heavy atom. The van der Waals surface area contributed by atoms with Crippen molar-refractivity contribution in [3.8, 4) is 5.69 Å². The number of carboxylic acids is 1. The molecule has 10 heteroatoms. The average molecular weight is 368 g/mol. The average Bonchev–Trinajstić information content (AvgIpc) is 3.23. The van der Waals surface area contributed by atoms with E-state index in [9.17, 15) is 22.8 Å². The highest BCUT2D eigenvalue weighted by atomic mass is 19.4. The topological polar surface area (TPSA) is 88.3 Å². The van der Waals surface area contributed by atoms with Gasteiger partial charge in [-0.15, -0.1) is 0 Å². The number of amides is 1. The molecule has 1 fully saturated rings. The van der Waals surface area contributed by atoms with Gasteiger partial charge in [-0.3, -0.25) is 9.59 Å². The summed E-state index contributed by atoms with van der Waals surface area (Å²) in [6, 6.07) is 4.75. The van der Waals surface area contributed by atoms with Gasteiger partial charge in [0.2, 0.25) is 0 Å². The molecule has 1 aliphatic heterocycles. The van der Waals surface area contributed by atoms with Crippen molar-refractivity contribution in [2.45, 2.75) is 13.1 Å². The van der Waals surface area contributed by atoms with Crippen LogP contribution in [0.15, 0.2) is 30.9 Å². The van der Waals surface area contributed by atoms with E-state index >= 15 is 0 Å². The van der Waals surface area contributed by atoms with E-state index in [0.29, 0.717) is 11.3 Å². The number of carbonyl (C=O) groups is 2. The van der Waals surface area contributed by atoms with Crippen LogP contribution in [0, 0.1) is 18.8 Å². The quantitative estimate of drug-likeness (QED) is 0.894. The van der Waals surface area contributed by atoms with Crippen molar-refractivity contribution < 1.29 is 27.9 Å². The fourth-order valence-electron chi connectivity index (χ4n) is 3.09. The molecule has 3 rings (SSSR count). The third-order valence-corrected chi connectivity index (χ3v) is 4.47. The first kappa shape index (κ1) is 17.9. The minimum absolute atomic E-state index is 0.223. The molecular formula is C16H15F3N4O3. The van der Waals surface area contributed by atoms with Crippen molar-refractivity contribution in [2.75, 3.05) is 13.1 Å². The standard InChI is InChI=1S/C16H15F3N4O3/c1-9-4-10(23-8-20-7-21-23)2-3-11(9)14(24)22-5-12(15(25)26)13(6-22)16(17,18)19/h2-4,7-8,12-13H,5-6H2,1H3,(H,25,26)/t12-,13-/m1/s1. The van der Waals surface area contributed by atoms with Crippen LogP contribution in [0.2, 0.25) is 0 Å². The van der Waals surface area contributed by atoms with Crippen LogP contribution in [0.5, 0.6) is 0 Å². The first-order chi connectivity index (χ1) is 12.2. The molecule has 138 valence electrons. The van der Waals surface area contributed by atoms with Gasteiger partial charge in [0.1, 0.15) is 12.7 Å². The number of benzene rings is 1. The minimum atomic E-state index is -4.68. The highest BCUT2D eigenvalue weighted by Gasteiger charge is 2.53. The molecule has 1 N–H and O–H groups in total. The van der Waals surface area contributed by atoms with Gasteiger partial charge in [0, 0.05) is 18.7 Å². The number of hydrogen-bond acceptors (Lipinski definition) is 4. The molecule has 26 heavy (non-hydrogen) atoms. The zero-order valence-electron chi connectivity index (χ0n) is 13.6. The second-order valence-electron chi connectivity index (χ2n) is 6.14. The van der Waals surface area contributed by atoms with Crippen molar-refractivity contribution in [3.63, 3.8) is 0 Å². The van der Waals surface area contributed by atoms with Gasteiger partial charge in [0.05, 0.1) is 17.5 Å². The van der Waals surface area contributed by atoms with Gasteiger partial charge in [-0.2, -0.15) is 18.3 Å². The van der Waals surface area contributed by atoms with E-state index in [0.717, 1.165) is 4.90 Å². The monoisotopic (exact) mass is 368 g/mol. The molecule has 1 aromatic carbocycles. The molecule has 0 radical (unpaired) electrons. The first-order valence-electron chi connectivity index (χ1n) is 7.73. The van der Waals surface area contributed by atoms with Gasteiger partial charge in [-0.05, 0) is 30.7 Å². The number of aryl methyl sites for hydroxylation is 1. The molecule has 0 spiro atoms. The van der Waals surface area contributed by atoms with Crippen molar-refractivity contribution in [3.05, 3.63) is 42.0 Å². The second-order valence-corrected chi connectivity index (χ2v) is 6.14. The number of carboxylic acid groups (broad SMARTS) is 1. The van der Waals surface area contributed by atoms with E-state index in [1.54, 1.807) is 19.1 Å². The number of aliphatic carboxylic acids is 1. The fraction of sp³-hybridized carbons (Fsp3) is 0.375. The van der Waals surface area contributed by atoms with E-state index in [1.807, 2.05) is 0 Å². The lowest BCUT2D eigenvalue weighted by atomic mass is 9.96. The van der Waals surface area contributed by atoms with Crippen LogP contribution in [0.4, 0.5) is 13.2 Å². The number of halogens is 3. The summed E-state index contributed by atoms with van der Waals surface area (Å²) >= 11 is 0. The van der Waals surface area contributed by atoms with Crippen LogP contribution in [0.25, 0.3) is 5.69 Å². The SMILES string of the molecule is Cc1cc(-n2cncn2)ccc1C(=O)N1C[C@@H](C(F)(F)F)[C@H](C(=O)O)C1. The molecule has 2 atom stereocenters. The van der Waals surface area contributed by atoms with Gasteiger partial charge in [-0.25, -0.2) is 9.67 Å². The number of hydrogen-bond donors (Lipinski definition) is 1. The lowest BCUT2D eigenvalue weighted by molar-refractivity contribution is -0.187. The van der Waals surface area contributed by atoms with E-state index < -0.39 is 43.0 Å². The summed E-state index contributed by atoms with van der Waals surface area (Å²) in [6.07, 6.45) is -1.85. The molecule has 0 bridgehead atoms. The van der Waals surface area contributed by atoms with Crippen LogP contribution in [0.3, 0.4) is 0 Å². The van der Waals surface area contributed by atoms with Crippen molar-refractivity contribution in [1.29, 1.82) is 0 Å². The maximum atomic E-state index is 13.1.